The molecule has 0 aliphatic carbocycles. The molecular weight excluding hydrogens is 210 g/mol. The summed E-state index contributed by atoms with van der Waals surface area (Å²) in [5, 5.41) is 10.5. The Bertz CT molecular complexity index is 426. The molecule has 0 bridgehead atoms. The Morgan fingerprint density at radius 1 is 1.50 bits per heavy atom. The molecule has 0 spiro atoms. The molecule has 1 aromatic rings. The van der Waals surface area contributed by atoms with E-state index in [2.05, 4.69) is 6.07 Å². The smallest absolute Gasteiger partial charge is 0.243 e. The highest BCUT2D eigenvalue weighted by molar-refractivity contribution is 5.60. The van der Waals surface area contributed by atoms with Crippen molar-refractivity contribution in [3.8, 4) is 11.5 Å². The molecule has 16 heavy (non-hydrogen) atoms. The topological polar surface area (TPSA) is 61.6 Å². The molecule has 0 aliphatic heterocycles. The standard InChI is InChI=1S/C11H12NO4/c1-8(12(13)14)6-9-7-10(15-2)4-5-11(9)16-3/h5-7H,1-3H3. The molecule has 85 valence electrons. The summed E-state index contributed by atoms with van der Waals surface area (Å²) in [5.74, 6) is 1.02. The number of nitro groups is 1. The first-order chi connectivity index (χ1) is 7.58. The van der Waals surface area contributed by atoms with Crippen LogP contribution < -0.4 is 9.47 Å². The van der Waals surface area contributed by atoms with Crippen molar-refractivity contribution in [2.24, 2.45) is 0 Å². The fourth-order valence-corrected chi connectivity index (χ4v) is 1.16. The van der Waals surface area contributed by atoms with E-state index in [1.165, 1.54) is 27.2 Å². The summed E-state index contributed by atoms with van der Waals surface area (Å²) in [6, 6.07) is 6.05. The van der Waals surface area contributed by atoms with Crippen LogP contribution in [0.25, 0.3) is 6.08 Å². The molecule has 0 aromatic heterocycles. The monoisotopic (exact) mass is 222 g/mol. The third-order valence-corrected chi connectivity index (χ3v) is 2.01. The minimum Gasteiger partial charge on any atom is -0.496 e. The zero-order valence-electron chi connectivity index (χ0n) is 9.31. The minimum absolute atomic E-state index is 0.0338. The third kappa shape index (κ3) is 2.73. The van der Waals surface area contributed by atoms with E-state index in [4.69, 9.17) is 9.47 Å². The zero-order chi connectivity index (χ0) is 12.1. The van der Waals surface area contributed by atoms with Crippen molar-refractivity contribution in [3.05, 3.63) is 39.6 Å². The zero-order valence-corrected chi connectivity index (χ0v) is 9.31. The Kier molecular flexibility index (Phi) is 3.88. The van der Waals surface area contributed by atoms with Crippen LogP contribution in [0.3, 0.4) is 0 Å². The first-order valence-corrected chi connectivity index (χ1v) is 4.55. The van der Waals surface area contributed by atoms with Crippen LogP contribution in [-0.4, -0.2) is 19.1 Å². The number of nitrogens with zero attached hydrogens (tertiary/aromatic N) is 1. The average Bonchev–Trinajstić information content (AvgIpc) is 2.28. The Morgan fingerprint density at radius 3 is 2.69 bits per heavy atom. The van der Waals surface area contributed by atoms with Crippen molar-refractivity contribution in [2.45, 2.75) is 6.92 Å². The maximum absolute atomic E-state index is 10.5. The van der Waals surface area contributed by atoms with Crippen LogP contribution in [0.5, 0.6) is 11.5 Å². The highest BCUT2D eigenvalue weighted by atomic mass is 16.6. The van der Waals surface area contributed by atoms with Gasteiger partial charge in [-0.1, -0.05) is 0 Å². The van der Waals surface area contributed by atoms with Crippen molar-refractivity contribution in [1.82, 2.24) is 0 Å². The van der Waals surface area contributed by atoms with Gasteiger partial charge in [0.2, 0.25) is 5.70 Å². The fraction of sp³-hybridized carbons (Fsp3) is 0.273. The van der Waals surface area contributed by atoms with Gasteiger partial charge in [0.15, 0.2) is 0 Å². The van der Waals surface area contributed by atoms with Gasteiger partial charge in [-0.05, 0) is 12.1 Å². The van der Waals surface area contributed by atoms with Crippen LogP contribution in [0, 0.1) is 16.2 Å². The van der Waals surface area contributed by atoms with E-state index in [-0.39, 0.29) is 5.70 Å². The van der Waals surface area contributed by atoms with Crippen molar-refractivity contribution in [1.29, 1.82) is 0 Å². The lowest BCUT2D eigenvalue weighted by molar-refractivity contribution is -0.422. The number of hydrogen-bond donors (Lipinski definition) is 0. The van der Waals surface area contributed by atoms with Crippen molar-refractivity contribution < 1.29 is 14.4 Å². The lowest BCUT2D eigenvalue weighted by Crippen LogP contribution is -1.95. The predicted octanol–water partition coefficient (Wildman–Crippen LogP) is 2.14. The maximum atomic E-state index is 10.5. The number of benzene rings is 1. The van der Waals surface area contributed by atoms with Crippen molar-refractivity contribution >= 4 is 6.08 Å². The number of methoxy groups -OCH3 is 2. The molecule has 5 nitrogen and oxygen atoms in total. The van der Waals surface area contributed by atoms with Crippen LogP contribution in [0.2, 0.25) is 0 Å². The molecule has 0 heterocycles. The van der Waals surface area contributed by atoms with Gasteiger partial charge in [0.05, 0.1) is 19.1 Å². The summed E-state index contributed by atoms with van der Waals surface area (Å²) in [6.07, 6.45) is 1.43. The van der Waals surface area contributed by atoms with Crippen LogP contribution in [0.15, 0.2) is 17.8 Å². The molecule has 0 amide bonds. The molecule has 1 rings (SSSR count). The van der Waals surface area contributed by atoms with Gasteiger partial charge in [-0.15, -0.1) is 0 Å². The molecule has 0 atom stereocenters. The summed E-state index contributed by atoms with van der Waals surface area (Å²) in [6.45, 7) is 1.42. The second kappa shape index (κ2) is 5.16. The van der Waals surface area contributed by atoms with Gasteiger partial charge >= 0.3 is 0 Å². The highest BCUT2D eigenvalue weighted by Crippen LogP contribution is 2.25. The predicted molar refractivity (Wildman–Crippen MR) is 59.0 cm³/mol. The van der Waals surface area contributed by atoms with Gasteiger partial charge in [0.25, 0.3) is 0 Å². The minimum atomic E-state index is -0.456. The molecule has 0 saturated heterocycles. The Morgan fingerprint density at radius 2 is 2.19 bits per heavy atom. The molecule has 0 aliphatic rings. The van der Waals surface area contributed by atoms with Gasteiger partial charge in [0, 0.05) is 24.6 Å². The summed E-state index contributed by atoms with van der Waals surface area (Å²) < 4.78 is 10.1. The quantitative estimate of drug-likeness (QED) is 0.578. The van der Waals surface area contributed by atoms with Crippen LogP contribution >= 0.6 is 0 Å². The molecule has 0 unspecified atom stereocenters. The third-order valence-electron chi connectivity index (χ3n) is 2.01. The van der Waals surface area contributed by atoms with E-state index in [9.17, 15) is 10.1 Å². The lowest BCUT2D eigenvalue weighted by Gasteiger charge is -2.06. The van der Waals surface area contributed by atoms with E-state index >= 15 is 0 Å². The first-order valence-electron chi connectivity index (χ1n) is 4.55. The average molecular weight is 222 g/mol. The van der Waals surface area contributed by atoms with Gasteiger partial charge in [-0.2, -0.15) is 0 Å². The Labute approximate surface area is 93.4 Å². The fourth-order valence-electron chi connectivity index (χ4n) is 1.16. The summed E-state index contributed by atoms with van der Waals surface area (Å²) in [4.78, 5) is 10.1. The van der Waals surface area contributed by atoms with Gasteiger partial charge in [-0.25, -0.2) is 0 Å². The van der Waals surface area contributed by atoms with Crippen molar-refractivity contribution in [2.75, 3.05) is 14.2 Å². The molecule has 0 N–H and O–H groups in total. The highest BCUT2D eigenvalue weighted by Gasteiger charge is 2.08. The van der Waals surface area contributed by atoms with Crippen LogP contribution in [-0.2, 0) is 0 Å². The number of ether oxygens (including phenoxy) is 2. The van der Waals surface area contributed by atoms with Gasteiger partial charge in [-0.3, -0.25) is 10.1 Å². The van der Waals surface area contributed by atoms with Crippen molar-refractivity contribution in [3.63, 3.8) is 0 Å². The molecule has 1 aromatic carbocycles. The van der Waals surface area contributed by atoms with E-state index in [1.807, 2.05) is 0 Å². The SMILES string of the molecule is COc1[c]cc(OC)c(C=C(C)[N+](=O)[O-])c1. The number of rotatable bonds is 4. The summed E-state index contributed by atoms with van der Waals surface area (Å²) >= 11 is 0. The maximum Gasteiger partial charge on any atom is 0.243 e. The van der Waals surface area contributed by atoms with Gasteiger partial charge in [0.1, 0.15) is 11.5 Å². The second-order valence-corrected chi connectivity index (χ2v) is 3.07. The largest absolute Gasteiger partial charge is 0.496 e. The first kappa shape index (κ1) is 12.0. The lowest BCUT2D eigenvalue weighted by atomic mass is 10.1. The van der Waals surface area contributed by atoms with E-state index in [0.29, 0.717) is 17.1 Å². The van der Waals surface area contributed by atoms with E-state index in [1.54, 1.807) is 12.1 Å². The summed E-state index contributed by atoms with van der Waals surface area (Å²) in [7, 11) is 3.00. The Balaban J connectivity index is 3.19. The van der Waals surface area contributed by atoms with Crippen LogP contribution in [0.1, 0.15) is 12.5 Å². The Hall–Kier alpha value is -2.04. The van der Waals surface area contributed by atoms with Gasteiger partial charge < -0.3 is 9.47 Å². The number of hydrogen-bond acceptors (Lipinski definition) is 4. The second-order valence-electron chi connectivity index (χ2n) is 3.07. The molecule has 0 saturated carbocycles. The summed E-state index contributed by atoms with van der Waals surface area (Å²) in [5.41, 5.74) is 0.624. The normalized spacial score (nSPS) is 11.1. The molecular formula is C11H12NO4. The molecule has 0 fully saturated rings. The van der Waals surface area contributed by atoms with Crippen LogP contribution in [0.4, 0.5) is 0 Å². The molecule has 5 heteroatoms. The van der Waals surface area contributed by atoms with E-state index in [0.717, 1.165) is 0 Å². The number of allylic oxidation sites excluding steroid dienone is 1. The van der Waals surface area contributed by atoms with E-state index < -0.39 is 4.92 Å². The molecule has 1 radical (unpaired) electrons.